The van der Waals surface area contributed by atoms with E-state index in [-0.39, 0.29) is 12.5 Å². The van der Waals surface area contributed by atoms with Gasteiger partial charge in [0.05, 0.1) is 17.1 Å². The number of hydrogen-bond acceptors (Lipinski definition) is 3. The summed E-state index contributed by atoms with van der Waals surface area (Å²) in [6.07, 6.45) is 3.71. The summed E-state index contributed by atoms with van der Waals surface area (Å²) >= 11 is 3.41. The van der Waals surface area contributed by atoms with Gasteiger partial charge in [-0.25, -0.2) is 8.42 Å². The summed E-state index contributed by atoms with van der Waals surface area (Å²) in [5.41, 5.74) is 2.46. The summed E-state index contributed by atoms with van der Waals surface area (Å²) in [7, 11) is -2.05. The van der Waals surface area contributed by atoms with Crippen LogP contribution in [0.3, 0.4) is 0 Å². The fourth-order valence-electron chi connectivity index (χ4n) is 3.78. The number of para-hydroxylation sites is 1. The Morgan fingerprint density at radius 2 is 1.83 bits per heavy atom. The smallest absolute Gasteiger partial charge is 0.303 e. The van der Waals surface area contributed by atoms with Gasteiger partial charge in [0.15, 0.2) is 0 Å². The number of carboxylic acids is 1. The lowest BCUT2D eigenvalue weighted by Gasteiger charge is -2.20. The molecule has 1 atom stereocenters. The SMILES string of the molecule is CN1c2ccccc2C([NH2+]CCCCCCC(=O)O)c2ccc(Br)cc2S1(=O)=O. The first-order chi connectivity index (χ1) is 13.8. The third-order valence-corrected chi connectivity index (χ3v) is 7.63. The minimum absolute atomic E-state index is 0.118. The van der Waals surface area contributed by atoms with E-state index in [4.69, 9.17) is 5.11 Å². The predicted octanol–water partition coefficient (Wildman–Crippen LogP) is 3.28. The molecule has 1 aliphatic rings. The molecule has 0 fully saturated rings. The van der Waals surface area contributed by atoms with Crippen molar-refractivity contribution in [3.05, 3.63) is 58.1 Å². The van der Waals surface area contributed by atoms with E-state index in [1.807, 2.05) is 36.4 Å². The molecule has 8 heteroatoms. The fraction of sp³-hybridized carbons (Fsp3) is 0.381. The number of quaternary nitrogens is 1. The third-order valence-electron chi connectivity index (χ3n) is 5.31. The lowest BCUT2D eigenvalue weighted by atomic mass is 9.96. The molecule has 0 amide bonds. The van der Waals surface area contributed by atoms with Crippen molar-refractivity contribution < 1.29 is 23.6 Å². The van der Waals surface area contributed by atoms with Gasteiger partial charge < -0.3 is 10.4 Å². The first-order valence-electron chi connectivity index (χ1n) is 9.75. The lowest BCUT2D eigenvalue weighted by Crippen LogP contribution is -2.85. The van der Waals surface area contributed by atoms with Gasteiger partial charge >= 0.3 is 5.97 Å². The Bertz CT molecular complexity index is 994. The molecule has 3 rings (SSSR count). The zero-order valence-corrected chi connectivity index (χ0v) is 18.7. The van der Waals surface area contributed by atoms with E-state index in [1.165, 1.54) is 4.31 Å². The molecular weight excluding hydrogens is 456 g/mol. The number of sulfonamides is 1. The first-order valence-corrected chi connectivity index (χ1v) is 12.0. The highest BCUT2D eigenvalue weighted by Crippen LogP contribution is 2.39. The standard InChI is InChI=1S/C21H25BrN2O4S/c1-24-18-9-6-5-8-16(18)21(23-13-7-3-2-4-10-20(25)26)17-12-11-15(22)14-19(17)29(24,27)28/h5-6,8-9,11-12,14,21,23H,2-4,7,10,13H2,1H3,(H,25,26)/p+1. The molecule has 0 spiro atoms. The summed E-state index contributed by atoms with van der Waals surface area (Å²) in [5, 5.41) is 10.9. The van der Waals surface area contributed by atoms with Crippen LogP contribution in [0.2, 0.25) is 0 Å². The van der Waals surface area contributed by atoms with E-state index < -0.39 is 16.0 Å². The van der Waals surface area contributed by atoms with Crippen LogP contribution >= 0.6 is 15.9 Å². The van der Waals surface area contributed by atoms with Gasteiger partial charge in [-0.2, -0.15) is 0 Å². The maximum absolute atomic E-state index is 13.2. The summed E-state index contributed by atoms with van der Waals surface area (Å²) < 4.78 is 28.6. The van der Waals surface area contributed by atoms with E-state index in [2.05, 4.69) is 21.2 Å². The molecule has 156 valence electrons. The Morgan fingerprint density at radius 3 is 2.59 bits per heavy atom. The van der Waals surface area contributed by atoms with Crippen molar-refractivity contribution in [1.82, 2.24) is 0 Å². The van der Waals surface area contributed by atoms with Crippen molar-refractivity contribution in [1.29, 1.82) is 0 Å². The van der Waals surface area contributed by atoms with Gasteiger partial charge in [0.25, 0.3) is 10.0 Å². The zero-order chi connectivity index (χ0) is 21.0. The van der Waals surface area contributed by atoms with Gasteiger partial charge in [-0.05, 0) is 37.5 Å². The second-order valence-electron chi connectivity index (χ2n) is 7.27. The van der Waals surface area contributed by atoms with Crippen LogP contribution in [-0.4, -0.2) is 33.1 Å². The quantitative estimate of drug-likeness (QED) is 0.565. The number of carboxylic acid groups (broad SMARTS) is 1. The highest BCUT2D eigenvalue weighted by Gasteiger charge is 2.36. The Balaban J connectivity index is 1.85. The molecule has 3 N–H and O–H groups in total. The van der Waals surface area contributed by atoms with Gasteiger partial charge in [-0.1, -0.05) is 46.6 Å². The molecule has 0 bridgehead atoms. The van der Waals surface area contributed by atoms with Crippen molar-refractivity contribution in [3.63, 3.8) is 0 Å². The van der Waals surface area contributed by atoms with Crippen molar-refractivity contribution in [2.24, 2.45) is 0 Å². The number of nitrogens with two attached hydrogens (primary N) is 1. The van der Waals surface area contributed by atoms with Crippen molar-refractivity contribution in [3.8, 4) is 0 Å². The molecule has 0 radical (unpaired) electrons. The molecule has 1 heterocycles. The summed E-state index contributed by atoms with van der Waals surface area (Å²) in [5.74, 6) is -0.750. The number of anilines is 1. The zero-order valence-electron chi connectivity index (χ0n) is 16.3. The Hall–Kier alpha value is -1.90. The number of nitrogens with zero attached hydrogens (tertiary/aromatic N) is 1. The van der Waals surface area contributed by atoms with Crippen molar-refractivity contribution >= 4 is 37.6 Å². The molecule has 6 nitrogen and oxygen atoms in total. The Labute approximate surface area is 180 Å². The van der Waals surface area contributed by atoms with E-state index in [0.717, 1.165) is 41.4 Å². The molecule has 0 saturated heterocycles. The number of unbranched alkanes of at least 4 members (excludes halogenated alkanes) is 3. The summed E-state index contributed by atoms with van der Waals surface area (Å²) in [4.78, 5) is 10.9. The Kier molecular flexibility index (Phi) is 6.97. The topological polar surface area (TPSA) is 91.3 Å². The van der Waals surface area contributed by atoms with Crippen LogP contribution in [0.1, 0.15) is 49.3 Å². The average molecular weight is 482 g/mol. The minimum Gasteiger partial charge on any atom is -0.481 e. The number of rotatable bonds is 8. The maximum Gasteiger partial charge on any atom is 0.303 e. The van der Waals surface area contributed by atoms with Gasteiger partial charge in [0.2, 0.25) is 0 Å². The van der Waals surface area contributed by atoms with Gasteiger partial charge in [-0.15, -0.1) is 0 Å². The summed E-state index contributed by atoms with van der Waals surface area (Å²) in [6.45, 7) is 0.839. The van der Waals surface area contributed by atoms with Crippen molar-refractivity contribution in [2.75, 3.05) is 17.9 Å². The number of fused-ring (bicyclic) bond motifs is 2. The van der Waals surface area contributed by atoms with Crippen LogP contribution < -0.4 is 9.62 Å². The van der Waals surface area contributed by atoms with Gasteiger partial charge in [0, 0.05) is 29.1 Å². The van der Waals surface area contributed by atoms with Crippen LogP contribution in [0, 0.1) is 0 Å². The number of carbonyl (C=O) groups is 1. The number of aliphatic carboxylic acids is 1. The average Bonchev–Trinajstić information content (AvgIpc) is 2.75. The number of halogens is 1. The molecule has 2 aromatic rings. The summed E-state index contributed by atoms with van der Waals surface area (Å²) in [6, 6.07) is 13.0. The van der Waals surface area contributed by atoms with Crippen LogP contribution in [-0.2, 0) is 14.8 Å². The van der Waals surface area contributed by atoms with Crippen LogP contribution in [0.4, 0.5) is 5.69 Å². The first kappa shape index (κ1) is 21.8. The van der Waals surface area contributed by atoms with E-state index in [0.29, 0.717) is 17.0 Å². The highest BCUT2D eigenvalue weighted by molar-refractivity contribution is 9.10. The predicted molar refractivity (Wildman–Crippen MR) is 116 cm³/mol. The van der Waals surface area contributed by atoms with Crippen LogP contribution in [0.5, 0.6) is 0 Å². The second-order valence-corrected chi connectivity index (χ2v) is 10.1. The van der Waals surface area contributed by atoms with E-state index >= 15 is 0 Å². The second kappa shape index (κ2) is 9.28. The number of benzene rings is 2. The minimum atomic E-state index is -3.65. The number of hydrogen-bond donors (Lipinski definition) is 2. The fourth-order valence-corrected chi connectivity index (χ4v) is 5.78. The van der Waals surface area contributed by atoms with Crippen LogP contribution in [0.15, 0.2) is 51.8 Å². The van der Waals surface area contributed by atoms with Gasteiger partial charge in [-0.3, -0.25) is 9.10 Å². The van der Waals surface area contributed by atoms with Crippen LogP contribution in [0.25, 0.3) is 0 Å². The molecule has 1 aliphatic heterocycles. The molecule has 2 aromatic carbocycles. The molecule has 1 unspecified atom stereocenters. The normalized spacial score (nSPS) is 17.3. The van der Waals surface area contributed by atoms with E-state index in [9.17, 15) is 13.2 Å². The molecule has 0 aromatic heterocycles. The molecule has 29 heavy (non-hydrogen) atoms. The largest absolute Gasteiger partial charge is 0.481 e. The maximum atomic E-state index is 13.2. The monoisotopic (exact) mass is 481 g/mol. The molecule has 0 saturated carbocycles. The third kappa shape index (κ3) is 4.82. The molecule has 0 aliphatic carbocycles. The van der Waals surface area contributed by atoms with Crippen molar-refractivity contribution in [2.45, 2.75) is 43.0 Å². The lowest BCUT2D eigenvalue weighted by molar-refractivity contribution is -0.687. The van der Waals surface area contributed by atoms with E-state index in [1.54, 1.807) is 13.1 Å². The Morgan fingerprint density at radius 1 is 1.10 bits per heavy atom. The van der Waals surface area contributed by atoms with Gasteiger partial charge in [0.1, 0.15) is 6.04 Å². The highest BCUT2D eigenvalue weighted by atomic mass is 79.9. The molecular formula is C21H26BrN2O4S+.